The van der Waals surface area contributed by atoms with Crippen LogP contribution in [-0.2, 0) is 29.4 Å². The molecular weight excluding hydrogens is 440 g/mol. The van der Waals surface area contributed by atoms with E-state index in [1.807, 2.05) is 6.07 Å². The Kier molecular flexibility index (Phi) is 7.43. The number of aliphatic hydroxyl groups is 1. The second-order valence-electron chi connectivity index (χ2n) is 9.13. The van der Waals surface area contributed by atoms with Crippen molar-refractivity contribution >= 4 is 15.9 Å². The maximum absolute atomic E-state index is 12.6. The van der Waals surface area contributed by atoms with E-state index in [1.165, 1.54) is 21.7 Å². The third-order valence-corrected chi connectivity index (χ3v) is 7.74. The van der Waals surface area contributed by atoms with Crippen molar-refractivity contribution in [3.8, 4) is 0 Å². The van der Waals surface area contributed by atoms with Crippen molar-refractivity contribution in [1.29, 1.82) is 0 Å². The number of nitrogens with zero attached hydrogens (tertiary/aromatic N) is 3. The minimum absolute atomic E-state index is 0.181. The standard InChI is InChI=1S/C24H32N4O4S/c1-33(31,32)28-11-7-18(15-28)12-22-13-20(6-9-25-22)24(30)26-14-23(29)17-27-10-8-19-4-2-3-5-21(19)16-27/h2-6,9,13,18,23,29H,7-8,10-12,14-17H2,1H3,(H,26,30)/t18?,23-/m0/s1. The van der Waals surface area contributed by atoms with Crippen LogP contribution in [0, 0.1) is 5.92 Å². The van der Waals surface area contributed by atoms with Gasteiger partial charge in [-0.15, -0.1) is 0 Å². The summed E-state index contributed by atoms with van der Waals surface area (Å²) in [6.45, 7) is 3.42. The fraction of sp³-hybridized carbons (Fsp3) is 0.500. The monoisotopic (exact) mass is 472 g/mol. The normalized spacial score (nSPS) is 20.4. The van der Waals surface area contributed by atoms with Crippen LogP contribution < -0.4 is 5.32 Å². The molecule has 178 valence electrons. The van der Waals surface area contributed by atoms with Crippen LogP contribution in [-0.4, -0.2) is 78.7 Å². The quantitative estimate of drug-likeness (QED) is 0.596. The largest absolute Gasteiger partial charge is 0.390 e. The summed E-state index contributed by atoms with van der Waals surface area (Å²) in [4.78, 5) is 19.2. The number of sulfonamides is 1. The number of β-amino-alcohol motifs (C(OH)–C–C–N with tert-alkyl or cyclic N) is 1. The number of hydrogen-bond donors (Lipinski definition) is 2. The third kappa shape index (κ3) is 6.38. The van der Waals surface area contributed by atoms with Crippen molar-refractivity contribution in [1.82, 2.24) is 19.5 Å². The summed E-state index contributed by atoms with van der Waals surface area (Å²) in [7, 11) is -3.17. The van der Waals surface area contributed by atoms with Crippen LogP contribution in [0.4, 0.5) is 0 Å². The van der Waals surface area contributed by atoms with Gasteiger partial charge >= 0.3 is 0 Å². The van der Waals surface area contributed by atoms with Crippen molar-refractivity contribution in [2.45, 2.75) is 31.9 Å². The van der Waals surface area contributed by atoms with E-state index in [0.717, 1.165) is 31.6 Å². The zero-order valence-corrected chi connectivity index (χ0v) is 19.8. The average molecular weight is 473 g/mol. The van der Waals surface area contributed by atoms with Gasteiger partial charge in [0.05, 0.1) is 12.4 Å². The van der Waals surface area contributed by atoms with E-state index in [9.17, 15) is 18.3 Å². The van der Waals surface area contributed by atoms with Crippen molar-refractivity contribution < 1.29 is 18.3 Å². The summed E-state index contributed by atoms with van der Waals surface area (Å²) in [6.07, 6.45) is 4.58. The highest BCUT2D eigenvalue weighted by Gasteiger charge is 2.29. The molecule has 9 heteroatoms. The molecule has 2 atom stereocenters. The number of carbonyl (C=O) groups is 1. The number of hydrogen-bond acceptors (Lipinski definition) is 6. The van der Waals surface area contributed by atoms with Gasteiger partial charge in [-0.05, 0) is 48.4 Å². The predicted molar refractivity (Wildman–Crippen MR) is 126 cm³/mol. The molecule has 0 aliphatic carbocycles. The number of benzene rings is 1. The molecule has 0 bridgehead atoms. The highest BCUT2D eigenvalue weighted by molar-refractivity contribution is 7.88. The zero-order valence-electron chi connectivity index (χ0n) is 19.0. The number of fused-ring (bicyclic) bond motifs is 1. The lowest BCUT2D eigenvalue weighted by Gasteiger charge is -2.30. The molecule has 33 heavy (non-hydrogen) atoms. The highest BCUT2D eigenvalue weighted by atomic mass is 32.2. The Balaban J connectivity index is 1.25. The maximum Gasteiger partial charge on any atom is 0.251 e. The first kappa shape index (κ1) is 23.8. The van der Waals surface area contributed by atoms with E-state index in [0.29, 0.717) is 31.6 Å². The Morgan fingerprint density at radius 1 is 1.24 bits per heavy atom. The molecule has 8 nitrogen and oxygen atoms in total. The first-order chi connectivity index (χ1) is 15.8. The Labute approximate surface area is 195 Å². The number of rotatable bonds is 8. The van der Waals surface area contributed by atoms with E-state index in [-0.39, 0.29) is 18.4 Å². The smallest absolute Gasteiger partial charge is 0.251 e. The Bertz CT molecular complexity index is 1090. The molecule has 3 heterocycles. The van der Waals surface area contributed by atoms with Gasteiger partial charge in [0.1, 0.15) is 0 Å². The van der Waals surface area contributed by atoms with Crippen LogP contribution in [0.5, 0.6) is 0 Å². The second kappa shape index (κ2) is 10.3. The van der Waals surface area contributed by atoms with Crippen LogP contribution in [0.25, 0.3) is 0 Å². The lowest BCUT2D eigenvalue weighted by molar-refractivity contribution is 0.0841. The summed E-state index contributed by atoms with van der Waals surface area (Å²) in [5.41, 5.74) is 3.94. The summed E-state index contributed by atoms with van der Waals surface area (Å²) >= 11 is 0. The highest BCUT2D eigenvalue weighted by Crippen LogP contribution is 2.22. The molecule has 1 unspecified atom stereocenters. The zero-order chi connectivity index (χ0) is 23.4. The van der Waals surface area contributed by atoms with Crippen LogP contribution in [0.2, 0.25) is 0 Å². The SMILES string of the molecule is CS(=O)(=O)N1CCC(Cc2cc(C(=O)NC[C@H](O)CN3CCc4ccccc4C3)ccn2)C1. The van der Waals surface area contributed by atoms with Gasteiger partial charge < -0.3 is 10.4 Å². The minimum Gasteiger partial charge on any atom is -0.390 e. The molecule has 1 saturated heterocycles. The predicted octanol–water partition coefficient (Wildman–Crippen LogP) is 1.05. The summed E-state index contributed by atoms with van der Waals surface area (Å²) in [6, 6.07) is 11.8. The van der Waals surface area contributed by atoms with E-state index in [4.69, 9.17) is 0 Å². The summed E-state index contributed by atoms with van der Waals surface area (Å²) in [5, 5.41) is 13.3. The van der Waals surface area contributed by atoms with Gasteiger partial charge in [0, 0.05) is 56.7 Å². The van der Waals surface area contributed by atoms with Gasteiger partial charge in [-0.3, -0.25) is 14.7 Å². The lowest BCUT2D eigenvalue weighted by atomic mass is 10.00. The molecule has 0 spiro atoms. The van der Waals surface area contributed by atoms with E-state index < -0.39 is 16.1 Å². The Morgan fingerprint density at radius 3 is 2.79 bits per heavy atom. The van der Waals surface area contributed by atoms with Crippen molar-refractivity contribution in [3.63, 3.8) is 0 Å². The fourth-order valence-electron chi connectivity index (χ4n) is 4.68. The average Bonchev–Trinajstić information content (AvgIpc) is 3.27. The maximum atomic E-state index is 12.6. The molecule has 1 amide bonds. The lowest BCUT2D eigenvalue weighted by Crippen LogP contribution is -2.42. The molecule has 2 aliphatic heterocycles. The van der Waals surface area contributed by atoms with Gasteiger partial charge in [0.25, 0.3) is 5.91 Å². The minimum atomic E-state index is -3.17. The van der Waals surface area contributed by atoms with Gasteiger partial charge in [-0.2, -0.15) is 0 Å². The van der Waals surface area contributed by atoms with Crippen LogP contribution >= 0.6 is 0 Å². The van der Waals surface area contributed by atoms with E-state index in [1.54, 1.807) is 18.3 Å². The van der Waals surface area contributed by atoms with Gasteiger partial charge in [0.2, 0.25) is 10.0 Å². The molecule has 0 saturated carbocycles. The Hall–Kier alpha value is -2.33. The number of nitrogens with one attached hydrogen (secondary N) is 1. The van der Waals surface area contributed by atoms with Gasteiger partial charge in [-0.1, -0.05) is 24.3 Å². The van der Waals surface area contributed by atoms with Gasteiger partial charge in [-0.25, -0.2) is 12.7 Å². The number of carbonyl (C=O) groups excluding carboxylic acids is 1. The van der Waals surface area contributed by atoms with E-state index in [2.05, 4.69) is 33.4 Å². The molecule has 1 aromatic carbocycles. The first-order valence-electron chi connectivity index (χ1n) is 11.4. The van der Waals surface area contributed by atoms with Crippen LogP contribution in [0.1, 0.15) is 33.6 Å². The summed E-state index contributed by atoms with van der Waals surface area (Å²) < 4.78 is 24.9. The molecule has 1 fully saturated rings. The second-order valence-corrected chi connectivity index (χ2v) is 11.1. The first-order valence-corrected chi connectivity index (χ1v) is 13.3. The topological polar surface area (TPSA) is 103 Å². The Morgan fingerprint density at radius 2 is 2.03 bits per heavy atom. The van der Waals surface area contributed by atoms with Gasteiger partial charge in [0.15, 0.2) is 0 Å². The van der Waals surface area contributed by atoms with Crippen molar-refractivity contribution in [2.75, 3.05) is 39.0 Å². The molecule has 0 radical (unpaired) electrons. The number of aliphatic hydroxyl groups excluding tert-OH is 1. The molecule has 2 N–H and O–H groups in total. The van der Waals surface area contributed by atoms with Crippen LogP contribution in [0.15, 0.2) is 42.6 Å². The van der Waals surface area contributed by atoms with Crippen molar-refractivity contribution in [3.05, 3.63) is 65.0 Å². The van der Waals surface area contributed by atoms with Crippen LogP contribution in [0.3, 0.4) is 0 Å². The molecule has 2 aliphatic rings. The fourth-order valence-corrected chi connectivity index (χ4v) is 5.60. The summed E-state index contributed by atoms with van der Waals surface area (Å²) in [5.74, 6) is -0.0482. The number of aromatic nitrogens is 1. The number of amides is 1. The number of pyridine rings is 1. The molecule has 2 aromatic rings. The molecule has 1 aromatic heterocycles. The molecular formula is C24H32N4O4S. The van der Waals surface area contributed by atoms with Crippen molar-refractivity contribution in [2.24, 2.45) is 5.92 Å². The molecule has 4 rings (SSSR count). The third-order valence-electron chi connectivity index (χ3n) is 6.47. The van der Waals surface area contributed by atoms with E-state index >= 15 is 0 Å².